The van der Waals surface area contributed by atoms with Gasteiger partial charge in [-0.25, -0.2) is 24.5 Å². The van der Waals surface area contributed by atoms with Gasteiger partial charge in [0.15, 0.2) is 11.5 Å². The number of nitrogens with zero attached hydrogens (tertiary/aromatic N) is 4. The molecule has 1 N–H and O–H groups in total. The number of rotatable bonds is 7. The van der Waals surface area contributed by atoms with Crippen LogP contribution in [0.4, 0.5) is 10.6 Å². The van der Waals surface area contributed by atoms with E-state index in [0.717, 1.165) is 25.7 Å². The summed E-state index contributed by atoms with van der Waals surface area (Å²) < 4.78 is 10.9. The fourth-order valence-electron chi connectivity index (χ4n) is 5.54. The van der Waals surface area contributed by atoms with Gasteiger partial charge in [-0.2, -0.15) is 0 Å². The van der Waals surface area contributed by atoms with E-state index in [1.807, 2.05) is 27.7 Å². The Bertz CT molecular complexity index is 1240. The molecule has 1 aliphatic carbocycles. The van der Waals surface area contributed by atoms with Crippen molar-refractivity contribution in [1.82, 2.24) is 20.3 Å². The number of nitrogens with one attached hydrogen (secondary N) is 1. The van der Waals surface area contributed by atoms with E-state index in [0.29, 0.717) is 41.8 Å². The number of alkyl carbamates (subject to hydrolysis) is 1. The number of esters is 1. The van der Waals surface area contributed by atoms with Crippen LogP contribution in [0, 0.1) is 18.3 Å². The molecule has 1 saturated heterocycles. The van der Waals surface area contributed by atoms with E-state index in [1.165, 1.54) is 6.20 Å². The van der Waals surface area contributed by atoms with E-state index >= 15 is 0 Å². The summed E-state index contributed by atoms with van der Waals surface area (Å²) in [7, 11) is 0. The highest BCUT2D eigenvalue weighted by molar-refractivity contribution is 6.42. The fourth-order valence-corrected chi connectivity index (χ4v) is 5.90. The van der Waals surface area contributed by atoms with Crippen molar-refractivity contribution in [1.29, 1.82) is 0 Å². The van der Waals surface area contributed by atoms with Gasteiger partial charge in [-0.05, 0) is 84.6 Å². The average molecular weight is 579 g/mol. The van der Waals surface area contributed by atoms with Crippen molar-refractivity contribution in [2.45, 2.75) is 78.9 Å². The van der Waals surface area contributed by atoms with Gasteiger partial charge in [-0.1, -0.05) is 23.2 Å². The molecule has 3 heterocycles. The molecule has 0 aromatic carbocycles. The molecule has 2 fully saturated rings. The number of halogens is 2. The molecule has 1 unspecified atom stereocenters. The Labute approximate surface area is 240 Å². The van der Waals surface area contributed by atoms with Gasteiger partial charge >= 0.3 is 12.1 Å². The molecule has 11 heteroatoms. The summed E-state index contributed by atoms with van der Waals surface area (Å²) in [6.45, 7) is 12.8. The third kappa shape index (κ3) is 6.40. The van der Waals surface area contributed by atoms with Crippen LogP contribution < -0.4 is 10.2 Å². The monoisotopic (exact) mass is 577 g/mol. The number of carbonyl (C=O) groups excluding carboxylic acids is 2. The minimum absolute atomic E-state index is 0.0543. The molecule has 2 aromatic heterocycles. The molecule has 1 saturated carbocycles. The lowest BCUT2D eigenvalue weighted by Crippen LogP contribution is -2.54. The molecule has 39 heavy (non-hydrogen) atoms. The summed E-state index contributed by atoms with van der Waals surface area (Å²) in [5, 5.41) is 3.50. The first-order chi connectivity index (χ1) is 18.4. The van der Waals surface area contributed by atoms with Crippen molar-refractivity contribution in [3.05, 3.63) is 33.8 Å². The predicted molar refractivity (Wildman–Crippen MR) is 151 cm³/mol. The smallest absolute Gasteiger partial charge is 0.407 e. The van der Waals surface area contributed by atoms with Gasteiger partial charge < -0.3 is 19.7 Å². The molecule has 0 spiro atoms. The lowest BCUT2D eigenvalue weighted by molar-refractivity contribution is 0.0395. The standard InChI is InChI=1S/C28H37Cl2N5O4/c1-7-38-25(36)22-24(32-16(2)21(34-22)19-10-13-31-23(30)20(19)29)35-14-11-28(12-15-35,18-8-9-18)17(3)33-26(37)39-27(4,5)6/h10,13,17-18H,7-9,11-12,14-15H2,1-6H3,(H,33,37). The normalized spacial score (nSPS) is 17.9. The highest BCUT2D eigenvalue weighted by Gasteiger charge is 2.51. The molecule has 4 rings (SSSR count). The summed E-state index contributed by atoms with van der Waals surface area (Å²) in [4.78, 5) is 41.3. The van der Waals surface area contributed by atoms with Crippen molar-refractivity contribution in [3.8, 4) is 11.3 Å². The number of aromatic nitrogens is 3. The van der Waals surface area contributed by atoms with E-state index in [-0.39, 0.29) is 33.9 Å². The second-order valence-electron chi connectivity index (χ2n) is 11.4. The molecule has 212 valence electrons. The van der Waals surface area contributed by atoms with E-state index in [4.69, 9.17) is 42.6 Å². The number of aryl methyl sites for hydroxylation is 1. The van der Waals surface area contributed by atoms with Gasteiger partial charge in [-0.3, -0.25) is 0 Å². The Morgan fingerprint density at radius 2 is 1.87 bits per heavy atom. The van der Waals surface area contributed by atoms with Gasteiger partial charge in [0.2, 0.25) is 0 Å². The van der Waals surface area contributed by atoms with Gasteiger partial charge in [0.25, 0.3) is 0 Å². The fraction of sp³-hybridized carbons (Fsp3) is 0.607. The van der Waals surface area contributed by atoms with E-state index < -0.39 is 17.7 Å². The quantitative estimate of drug-likeness (QED) is 0.304. The molecule has 0 bridgehead atoms. The van der Waals surface area contributed by atoms with Crippen LogP contribution in [0.5, 0.6) is 0 Å². The highest BCUT2D eigenvalue weighted by Crippen LogP contribution is 2.54. The Morgan fingerprint density at radius 1 is 1.21 bits per heavy atom. The van der Waals surface area contributed by atoms with Crippen molar-refractivity contribution in [2.24, 2.45) is 11.3 Å². The van der Waals surface area contributed by atoms with Gasteiger partial charge in [0, 0.05) is 30.9 Å². The summed E-state index contributed by atoms with van der Waals surface area (Å²) >= 11 is 12.6. The van der Waals surface area contributed by atoms with Gasteiger partial charge in [-0.15, -0.1) is 0 Å². The van der Waals surface area contributed by atoms with Crippen LogP contribution >= 0.6 is 23.2 Å². The Morgan fingerprint density at radius 3 is 2.46 bits per heavy atom. The van der Waals surface area contributed by atoms with Crippen LogP contribution in [0.3, 0.4) is 0 Å². The van der Waals surface area contributed by atoms with Crippen LogP contribution in [-0.2, 0) is 9.47 Å². The zero-order valence-corrected chi connectivity index (χ0v) is 24.9. The second-order valence-corrected chi connectivity index (χ2v) is 12.1. The maximum atomic E-state index is 13.1. The number of anilines is 1. The molecular formula is C28H37Cl2N5O4. The minimum Gasteiger partial charge on any atom is -0.461 e. The predicted octanol–water partition coefficient (Wildman–Crippen LogP) is 6.24. The van der Waals surface area contributed by atoms with Crippen molar-refractivity contribution < 1.29 is 19.1 Å². The third-order valence-electron chi connectivity index (χ3n) is 7.60. The van der Waals surface area contributed by atoms with E-state index in [2.05, 4.69) is 22.1 Å². The Balaban J connectivity index is 1.61. The number of pyridine rings is 1. The Kier molecular flexibility index (Phi) is 8.61. The summed E-state index contributed by atoms with van der Waals surface area (Å²) in [6.07, 6.45) is 5.12. The minimum atomic E-state index is -0.558. The number of hydrogen-bond donors (Lipinski definition) is 1. The molecule has 9 nitrogen and oxygen atoms in total. The van der Waals surface area contributed by atoms with Crippen LogP contribution in [0.1, 0.15) is 76.5 Å². The number of amides is 1. The first kappa shape index (κ1) is 29.3. The molecule has 1 amide bonds. The summed E-state index contributed by atoms with van der Waals surface area (Å²) in [5.74, 6) is 0.488. The summed E-state index contributed by atoms with van der Waals surface area (Å²) in [6, 6.07) is 1.64. The molecule has 2 aromatic rings. The summed E-state index contributed by atoms with van der Waals surface area (Å²) in [5.41, 5.74) is 1.14. The van der Waals surface area contributed by atoms with Crippen LogP contribution in [0.15, 0.2) is 12.3 Å². The second kappa shape index (κ2) is 11.5. The average Bonchev–Trinajstić information content (AvgIpc) is 3.71. The molecular weight excluding hydrogens is 541 g/mol. The van der Waals surface area contributed by atoms with E-state index in [1.54, 1.807) is 13.0 Å². The first-order valence-corrected chi connectivity index (χ1v) is 14.2. The Hall–Kier alpha value is -2.65. The number of ether oxygens (including phenoxy) is 2. The first-order valence-electron chi connectivity index (χ1n) is 13.5. The van der Waals surface area contributed by atoms with Gasteiger partial charge in [0.1, 0.15) is 10.8 Å². The third-order valence-corrected chi connectivity index (χ3v) is 8.37. The maximum absolute atomic E-state index is 13.1. The number of carbonyl (C=O) groups is 2. The zero-order chi connectivity index (χ0) is 28.5. The zero-order valence-electron chi connectivity index (χ0n) is 23.4. The number of piperidine rings is 1. The van der Waals surface area contributed by atoms with Crippen molar-refractivity contribution in [3.63, 3.8) is 0 Å². The van der Waals surface area contributed by atoms with Crippen LogP contribution in [-0.4, -0.2) is 58.4 Å². The van der Waals surface area contributed by atoms with Crippen molar-refractivity contribution in [2.75, 3.05) is 24.6 Å². The van der Waals surface area contributed by atoms with Crippen LogP contribution in [0.2, 0.25) is 10.2 Å². The largest absolute Gasteiger partial charge is 0.461 e. The topological polar surface area (TPSA) is 107 Å². The molecule has 0 radical (unpaired) electrons. The van der Waals surface area contributed by atoms with Crippen LogP contribution in [0.25, 0.3) is 11.3 Å². The van der Waals surface area contributed by atoms with Crippen molar-refractivity contribution >= 4 is 41.1 Å². The number of hydrogen-bond acceptors (Lipinski definition) is 8. The lowest BCUT2D eigenvalue weighted by atomic mass is 9.69. The highest BCUT2D eigenvalue weighted by atomic mass is 35.5. The molecule has 2 aliphatic rings. The lowest BCUT2D eigenvalue weighted by Gasteiger charge is -2.46. The molecule has 1 aliphatic heterocycles. The molecule has 1 atom stereocenters. The SMILES string of the molecule is CCOC(=O)c1nc(-c2ccnc(Cl)c2Cl)c(C)nc1N1CCC(C2CC2)(C(C)NC(=O)OC(C)(C)C)CC1. The van der Waals surface area contributed by atoms with E-state index in [9.17, 15) is 9.59 Å². The maximum Gasteiger partial charge on any atom is 0.407 e. The van der Waals surface area contributed by atoms with Gasteiger partial charge in [0.05, 0.1) is 23.0 Å².